The molecule has 3 aromatic rings. The monoisotopic (exact) mass is 468 g/mol. The standard InChI is InChI=1S/C27H28N6O2/c28-16-21-8-5-14-33(21)25(34)18-32-15-12-20(17-32)30-24-11-10-23(26-22(24)9-4-13-29-26)27(35)31-19-6-2-1-3-7-19/h1-4,6-7,9-11,13,20-21,30H,5,8,12,14-15,17-18H2,(H,31,35)/t20-,21-/m0/s1. The van der Waals surface area contributed by atoms with Gasteiger partial charge in [-0.3, -0.25) is 19.5 Å². The molecule has 0 saturated carbocycles. The predicted octanol–water partition coefficient (Wildman–Crippen LogP) is 3.49. The summed E-state index contributed by atoms with van der Waals surface area (Å²) in [6, 6.07) is 19.1. The highest BCUT2D eigenvalue weighted by molar-refractivity contribution is 6.13. The Kier molecular flexibility index (Phi) is 6.59. The number of likely N-dealkylation sites (tertiary alicyclic amines) is 2. The van der Waals surface area contributed by atoms with E-state index in [2.05, 4.69) is 26.6 Å². The van der Waals surface area contributed by atoms with Crippen LogP contribution in [-0.4, -0.2) is 64.9 Å². The van der Waals surface area contributed by atoms with Crippen LogP contribution in [0.3, 0.4) is 0 Å². The van der Waals surface area contributed by atoms with Crippen molar-refractivity contribution in [1.82, 2.24) is 14.8 Å². The molecule has 5 rings (SSSR count). The fraction of sp³-hybridized carbons (Fsp3) is 0.333. The molecule has 2 amide bonds. The van der Waals surface area contributed by atoms with Gasteiger partial charge < -0.3 is 15.5 Å². The fourth-order valence-electron chi connectivity index (χ4n) is 5.00. The van der Waals surface area contributed by atoms with Gasteiger partial charge in [0.25, 0.3) is 5.91 Å². The van der Waals surface area contributed by atoms with Crippen LogP contribution in [0.2, 0.25) is 0 Å². The minimum absolute atomic E-state index is 0.0399. The first kappa shape index (κ1) is 22.8. The highest BCUT2D eigenvalue weighted by Gasteiger charge is 2.31. The van der Waals surface area contributed by atoms with Crippen molar-refractivity contribution in [3.8, 4) is 6.07 Å². The summed E-state index contributed by atoms with van der Waals surface area (Å²) in [5.41, 5.74) is 2.82. The Morgan fingerprint density at radius 3 is 2.74 bits per heavy atom. The van der Waals surface area contributed by atoms with Gasteiger partial charge in [-0.2, -0.15) is 5.26 Å². The van der Waals surface area contributed by atoms with Gasteiger partial charge in [0.15, 0.2) is 0 Å². The van der Waals surface area contributed by atoms with E-state index in [1.165, 1.54) is 0 Å². The van der Waals surface area contributed by atoms with Crippen LogP contribution in [0.15, 0.2) is 60.8 Å². The van der Waals surface area contributed by atoms with Gasteiger partial charge in [-0.15, -0.1) is 0 Å². The number of fused-ring (bicyclic) bond motifs is 1. The summed E-state index contributed by atoms with van der Waals surface area (Å²) in [6.45, 7) is 2.59. The molecular weight excluding hydrogens is 440 g/mol. The van der Waals surface area contributed by atoms with Crippen molar-refractivity contribution < 1.29 is 9.59 Å². The smallest absolute Gasteiger partial charge is 0.257 e. The van der Waals surface area contributed by atoms with Gasteiger partial charge in [-0.1, -0.05) is 18.2 Å². The van der Waals surface area contributed by atoms with Gasteiger partial charge in [0.05, 0.1) is 23.7 Å². The molecule has 1 aromatic heterocycles. The van der Waals surface area contributed by atoms with E-state index in [9.17, 15) is 14.9 Å². The van der Waals surface area contributed by atoms with Crippen LogP contribution in [0.25, 0.3) is 10.9 Å². The molecule has 2 atom stereocenters. The fourth-order valence-corrected chi connectivity index (χ4v) is 5.00. The van der Waals surface area contributed by atoms with E-state index >= 15 is 0 Å². The van der Waals surface area contributed by atoms with E-state index < -0.39 is 0 Å². The Labute approximate surface area is 204 Å². The lowest BCUT2D eigenvalue weighted by Crippen LogP contribution is -2.42. The molecule has 3 heterocycles. The lowest BCUT2D eigenvalue weighted by Gasteiger charge is -2.23. The summed E-state index contributed by atoms with van der Waals surface area (Å²) in [7, 11) is 0. The van der Waals surface area contributed by atoms with Crippen molar-refractivity contribution in [3.63, 3.8) is 0 Å². The molecule has 35 heavy (non-hydrogen) atoms. The van der Waals surface area contributed by atoms with E-state index in [1.807, 2.05) is 54.6 Å². The maximum atomic E-state index is 12.9. The summed E-state index contributed by atoms with van der Waals surface area (Å²) >= 11 is 0. The summed E-state index contributed by atoms with van der Waals surface area (Å²) in [5.74, 6) is -0.160. The Balaban J connectivity index is 1.26. The first-order valence-electron chi connectivity index (χ1n) is 12.0. The van der Waals surface area contributed by atoms with Crippen LogP contribution in [0, 0.1) is 11.3 Å². The van der Waals surface area contributed by atoms with Crippen LogP contribution in [0.5, 0.6) is 0 Å². The van der Waals surface area contributed by atoms with E-state index in [0.717, 1.165) is 49.1 Å². The van der Waals surface area contributed by atoms with Gasteiger partial charge in [-0.25, -0.2) is 0 Å². The number of anilines is 2. The number of nitrogens with one attached hydrogen (secondary N) is 2. The topological polar surface area (TPSA) is 101 Å². The number of pyridine rings is 1. The highest BCUT2D eigenvalue weighted by atomic mass is 16.2. The molecular formula is C27H28N6O2. The largest absolute Gasteiger partial charge is 0.380 e. The summed E-state index contributed by atoms with van der Waals surface area (Å²) in [5, 5.41) is 16.7. The second-order valence-corrected chi connectivity index (χ2v) is 9.12. The van der Waals surface area contributed by atoms with Gasteiger partial charge >= 0.3 is 0 Å². The molecule has 178 valence electrons. The molecule has 0 aliphatic carbocycles. The number of rotatable bonds is 6. The minimum Gasteiger partial charge on any atom is -0.380 e. The van der Waals surface area contributed by atoms with Crippen molar-refractivity contribution in [2.24, 2.45) is 0 Å². The number of nitriles is 1. The zero-order valence-electron chi connectivity index (χ0n) is 19.5. The average Bonchev–Trinajstić information content (AvgIpc) is 3.54. The molecule has 0 radical (unpaired) electrons. The number of carbonyl (C=O) groups excluding carboxylic acids is 2. The normalized spacial score (nSPS) is 20.0. The van der Waals surface area contributed by atoms with E-state index in [1.54, 1.807) is 11.1 Å². The predicted molar refractivity (Wildman–Crippen MR) is 135 cm³/mol. The Morgan fingerprint density at radius 1 is 1.06 bits per heavy atom. The molecule has 2 fully saturated rings. The van der Waals surface area contributed by atoms with Crippen LogP contribution >= 0.6 is 0 Å². The van der Waals surface area contributed by atoms with Gasteiger partial charge in [0.2, 0.25) is 5.91 Å². The number of amides is 2. The number of para-hydroxylation sites is 1. The van der Waals surface area contributed by atoms with E-state index in [-0.39, 0.29) is 23.9 Å². The molecule has 0 spiro atoms. The summed E-state index contributed by atoms with van der Waals surface area (Å²) in [6.07, 6.45) is 4.27. The van der Waals surface area contributed by atoms with Crippen molar-refractivity contribution in [1.29, 1.82) is 5.26 Å². The zero-order valence-corrected chi connectivity index (χ0v) is 19.5. The van der Waals surface area contributed by atoms with E-state index in [0.29, 0.717) is 24.2 Å². The van der Waals surface area contributed by atoms with Crippen molar-refractivity contribution in [2.45, 2.75) is 31.3 Å². The first-order valence-corrected chi connectivity index (χ1v) is 12.0. The second-order valence-electron chi connectivity index (χ2n) is 9.12. The number of carbonyl (C=O) groups is 2. The lowest BCUT2D eigenvalue weighted by molar-refractivity contribution is -0.132. The molecule has 8 nitrogen and oxygen atoms in total. The zero-order chi connectivity index (χ0) is 24.2. The maximum Gasteiger partial charge on any atom is 0.257 e. The maximum absolute atomic E-state index is 12.9. The number of nitrogens with zero attached hydrogens (tertiary/aromatic N) is 4. The first-order chi connectivity index (χ1) is 17.1. The molecule has 2 aromatic carbocycles. The Morgan fingerprint density at radius 2 is 1.91 bits per heavy atom. The number of aromatic nitrogens is 1. The van der Waals surface area contributed by atoms with Crippen LogP contribution < -0.4 is 10.6 Å². The number of hydrogen-bond acceptors (Lipinski definition) is 6. The third kappa shape index (κ3) is 4.96. The molecule has 8 heteroatoms. The molecule has 0 bridgehead atoms. The van der Waals surface area contributed by atoms with Gasteiger partial charge in [0, 0.05) is 48.6 Å². The van der Waals surface area contributed by atoms with Crippen LogP contribution in [0.4, 0.5) is 11.4 Å². The quantitative estimate of drug-likeness (QED) is 0.574. The van der Waals surface area contributed by atoms with Gasteiger partial charge in [0.1, 0.15) is 6.04 Å². The molecule has 2 N–H and O–H groups in total. The third-order valence-corrected chi connectivity index (χ3v) is 6.76. The van der Waals surface area contributed by atoms with Crippen molar-refractivity contribution >= 4 is 34.1 Å². The highest BCUT2D eigenvalue weighted by Crippen LogP contribution is 2.28. The average molecular weight is 469 g/mol. The van der Waals surface area contributed by atoms with Crippen molar-refractivity contribution in [3.05, 3.63) is 66.4 Å². The minimum atomic E-state index is -0.282. The van der Waals surface area contributed by atoms with Crippen LogP contribution in [-0.2, 0) is 4.79 Å². The molecule has 2 saturated heterocycles. The lowest BCUT2D eigenvalue weighted by atomic mass is 10.1. The molecule has 0 unspecified atom stereocenters. The SMILES string of the molecule is N#C[C@@H]1CCCN1C(=O)CN1CC[C@H](Nc2ccc(C(=O)Nc3ccccc3)c3ncccc23)C1. The third-order valence-electron chi connectivity index (χ3n) is 6.76. The Bertz CT molecular complexity index is 1270. The van der Waals surface area contributed by atoms with E-state index in [4.69, 9.17) is 0 Å². The number of benzene rings is 2. The molecule has 2 aliphatic heterocycles. The number of hydrogen-bond donors (Lipinski definition) is 2. The summed E-state index contributed by atoms with van der Waals surface area (Å²) in [4.78, 5) is 34.0. The summed E-state index contributed by atoms with van der Waals surface area (Å²) < 4.78 is 0. The van der Waals surface area contributed by atoms with Crippen molar-refractivity contribution in [2.75, 3.05) is 36.8 Å². The molecule has 2 aliphatic rings. The second kappa shape index (κ2) is 10.1. The Hall–Kier alpha value is -3.96. The van der Waals surface area contributed by atoms with Gasteiger partial charge in [-0.05, 0) is 55.7 Å². The van der Waals surface area contributed by atoms with Crippen LogP contribution in [0.1, 0.15) is 29.6 Å².